The van der Waals surface area contributed by atoms with E-state index in [1.807, 2.05) is 16.7 Å². The molecule has 0 fully saturated rings. The summed E-state index contributed by atoms with van der Waals surface area (Å²) in [7, 11) is 0. The molecule has 0 aliphatic heterocycles. The third kappa shape index (κ3) is 3.89. The van der Waals surface area contributed by atoms with Crippen molar-refractivity contribution in [3.8, 4) is 11.8 Å². The number of fused-ring (bicyclic) bond motifs is 1. The second kappa shape index (κ2) is 7.86. The first-order valence-corrected chi connectivity index (χ1v) is 9.54. The van der Waals surface area contributed by atoms with Gasteiger partial charge in [-0.05, 0) is 70.0 Å². The van der Waals surface area contributed by atoms with Gasteiger partial charge in [0.15, 0.2) is 0 Å². The molecule has 0 radical (unpaired) electrons. The zero-order valence-corrected chi connectivity index (χ0v) is 16.6. The first kappa shape index (κ1) is 18.8. The van der Waals surface area contributed by atoms with Crippen LogP contribution in [0.2, 0.25) is 0 Å². The number of hydrogen-bond acceptors (Lipinski definition) is 3. The molecular weight excluding hydrogens is 435 g/mol. The van der Waals surface area contributed by atoms with E-state index in [4.69, 9.17) is 0 Å². The highest BCUT2D eigenvalue weighted by Crippen LogP contribution is 2.26. The Labute approximate surface area is 174 Å². The van der Waals surface area contributed by atoms with Gasteiger partial charge in [-0.2, -0.15) is 5.26 Å². The second-order valence-electron chi connectivity index (χ2n) is 6.40. The highest BCUT2D eigenvalue weighted by Gasteiger charge is 2.15. The normalized spacial score (nSPS) is 10.7. The minimum atomic E-state index is -0.328. The summed E-state index contributed by atoms with van der Waals surface area (Å²) >= 11 is 3.28. The van der Waals surface area contributed by atoms with Gasteiger partial charge in [0.2, 0.25) is 0 Å². The van der Waals surface area contributed by atoms with E-state index in [9.17, 15) is 14.4 Å². The van der Waals surface area contributed by atoms with Gasteiger partial charge < -0.3 is 9.88 Å². The van der Waals surface area contributed by atoms with E-state index in [0.29, 0.717) is 28.6 Å². The predicted molar refractivity (Wildman–Crippen MR) is 111 cm³/mol. The van der Waals surface area contributed by atoms with Crippen LogP contribution in [0.5, 0.6) is 0 Å². The van der Waals surface area contributed by atoms with Crippen LogP contribution in [0.4, 0.5) is 4.39 Å². The molecule has 2 aromatic heterocycles. The van der Waals surface area contributed by atoms with Crippen molar-refractivity contribution < 1.29 is 9.18 Å². The number of nitrogens with one attached hydrogen (secondary N) is 1. The van der Waals surface area contributed by atoms with Crippen LogP contribution in [0.25, 0.3) is 16.6 Å². The molecule has 0 aliphatic rings. The van der Waals surface area contributed by atoms with E-state index < -0.39 is 0 Å². The van der Waals surface area contributed by atoms with Gasteiger partial charge in [-0.3, -0.25) is 4.79 Å². The van der Waals surface area contributed by atoms with Crippen LogP contribution < -0.4 is 5.32 Å². The van der Waals surface area contributed by atoms with Gasteiger partial charge in [-0.25, -0.2) is 9.37 Å². The molecule has 2 aromatic carbocycles. The third-order valence-electron chi connectivity index (χ3n) is 4.53. The molecule has 0 atom stereocenters. The summed E-state index contributed by atoms with van der Waals surface area (Å²) in [4.78, 5) is 17.0. The predicted octanol–water partition coefficient (Wildman–Crippen LogP) is 4.73. The maximum atomic E-state index is 13.3. The van der Waals surface area contributed by atoms with Gasteiger partial charge >= 0.3 is 0 Å². The zero-order valence-electron chi connectivity index (χ0n) is 15.1. The molecule has 0 spiro atoms. The Bertz CT molecular complexity index is 1240. The summed E-state index contributed by atoms with van der Waals surface area (Å²) in [6.45, 7) is 0.316. The minimum absolute atomic E-state index is 0.285. The van der Waals surface area contributed by atoms with E-state index in [2.05, 4.69) is 32.3 Å². The van der Waals surface area contributed by atoms with Crippen LogP contribution in [0, 0.1) is 17.1 Å². The molecule has 1 N–H and O–H groups in total. The number of halogens is 2. The number of hydrogen-bond donors (Lipinski definition) is 1. The molecule has 0 saturated heterocycles. The van der Waals surface area contributed by atoms with Gasteiger partial charge in [-0.15, -0.1) is 0 Å². The SMILES string of the molecule is N#Cc1cc(C(=O)NCc2ccc(Br)nc2)c2ccn(-c3ccc(F)cc3)c2c1. The lowest BCUT2D eigenvalue weighted by atomic mass is 10.1. The highest BCUT2D eigenvalue weighted by atomic mass is 79.9. The Balaban J connectivity index is 1.70. The Hall–Kier alpha value is -3.50. The van der Waals surface area contributed by atoms with Crippen molar-refractivity contribution in [3.05, 3.63) is 94.1 Å². The Morgan fingerprint density at radius 1 is 1.17 bits per heavy atom. The topological polar surface area (TPSA) is 70.7 Å². The van der Waals surface area contributed by atoms with Gasteiger partial charge in [0, 0.05) is 30.0 Å². The smallest absolute Gasteiger partial charge is 0.252 e. The number of aromatic nitrogens is 2. The maximum absolute atomic E-state index is 13.3. The molecule has 142 valence electrons. The van der Waals surface area contributed by atoms with Crippen molar-refractivity contribution in [1.29, 1.82) is 5.26 Å². The fraction of sp³-hybridized carbons (Fsp3) is 0.0455. The fourth-order valence-electron chi connectivity index (χ4n) is 3.11. The number of amides is 1. The number of nitrogens with zero attached hydrogens (tertiary/aromatic N) is 3. The van der Waals surface area contributed by atoms with Gasteiger partial charge in [-0.1, -0.05) is 6.07 Å². The average molecular weight is 449 g/mol. The molecule has 0 aliphatic carbocycles. The van der Waals surface area contributed by atoms with Crippen LogP contribution in [0.15, 0.2) is 71.6 Å². The fourth-order valence-corrected chi connectivity index (χ4v) is 3.34. The molecule has 4 aromatic rings. The van der Waals surface area contributed by atoms with Gasteiger partial charge in [0.1, 0.15) is 10.4 Å². The van der Waals surface area contributed by atoms with Crippen molar-refractivity contribution in [2.45, 2.75) is 6.54 Å². The average Bonchev–Trinajstić information content (AvgIpc) is 3.17. The van der Waals surface area contributed by atoms with Crippen LogP contribution >= 0.6 is 15.9 Å². The standard InChI is InChI=1S/C22H14BrFN4O/c23-21-6-1-14(12-26-21)13-27-22(29)19-9-15(11-25)10-20-18(19)7-8-28(20)17-4-2-16(24)3-5-17/h1-10,12H,13H2,(H,27,29). The lowest BCUT2D eigenvalue weighted by molar-refractivity contribution is 0.0952. The Kier molecular flexibility index (Phi) is 5.10. The van der Waals surface area contributed by atoms with Crippen molar-refractivity contribution in [3.63, 3.8) is 0 Å². The summed E-state index contributed by atoms with van der Waals surface area (Å²) in [5.74, 6) is -0.614. The highest BCUT2D eigenvalue weighted by molar-refractivity contribution is 9.10. The van der Waals surface area contributed by atoms with Crippen LogP contribution in [-0.2, 0) is 6.54 Å². The first-order chi connectivity index (χ1) is 14.0. The minimum Gasteiger partial charge on any atom is -0.348 e. The molecule has 0 saturated carbocycles. The molecule has 5 nitrogen and oxygen atoms in total. The van der Waals surface area contributed by atoms with E-state index in [0.717, 1.165) is 15.9 Å². The lowest BCUT2D eigenvalue weighted by Gasteiger charge is -2.09. The summed E-state index contributed by atoms with van der Waals surface area (Å²) in [5, 5.41) is 13.0. The molecule has 1 amide bonds. The van der Waals surface area contributed by atoms with Crippen LogP contribution in [0.3, 0.4) is 0 Å². The number of nitriles is 1. The number of carbonyl (C=O) groups excluding carboxylic acids is 1. The first-order valence-electron chi connectivity index (χ1n) is 8.75. The number of benzene rings is 2. The number of pyridine rings is 1. The number of carbonyl (C=O) groups is 1. The second-order valence-corrected chi connectivity index (χ2v) is 7.21. The van der Waals surface area contributed by atoms with Crippen LogP contribution in [-0.4, -0.2) is 15.5 Å². The lowest BCUT2D eigenvalue weighted by Crippen LogP contribution is -2.23. The molecular formula is C22H14BrFN4O. The summed E-state index contributed by atoms with van der Waals surface area (Å²) in [6, 6.07) is 16.9. The zero-order chi connectivity index (χ0) is 20.4. The van der Waals surface area contributed by atoms with E-state index in [-0.39, 0.29) is 11.7 Å². The largest absolute Gasteiger partial charge is 0.348 e. The molecule has 0 bridgehead atoms. The van der Waals surface area contributed by atoms with Gasteiger partial charge in [0.25, 0.3) is 5.91 Å². The summed E-state index contributed by atoms with van der Waals surface area (Å²) < 4.78 is 15.8. The van der Waals surface area contributed by atoms with E-state index in [1.165, 1.54) is 12.1 Å². The van der Waals surface area contributed by atoms with E-state index >= 15 is 0 Å². The molecule has 29 heavy (non-hydrogen) atoms. The van der Waals surface area contributed by atoms with Crippen molar-refractivity contribution >= 4 is 32.7 Å². The molecule has 2 heterocycles. The maximum Gasteiger partial charge on any atom is 0.252 e. The summed E-state index contributed by atoms with van der Waals surface area (Å²) in [6.07, 6.45) is 3.48. The van der Waals surface area contributed by atoms with E-state index in [1.54, 1.807) is 42.7 Å². The molecule has 4 rings (SSSR count). The monoisotopic (exact) mass is 448 g/mol. The van der Waals surface area contributed by atoms with Crippen molar-refractivity contribution in [2.75, 3.05) is 0 Å². The Morgan fingerprint density at radius 2 is 1.97 bits per heavy atom. The van der Waals surface area contributed by atoms with Crippen molar-refractivity contribution in [2.24, 2.45) is 0 Å². The summed E-state index contributed by atoms with van der Waals surface area (Å²) in [5.41, 5.74) is 3.08. The van der Waals surface area contributed by atoms with Crippen molar-refractivity contribution in [1.82, 2.24) is 14.9 Å². The van der Waals surface area contributed by atoms with Crippen LogP contribution in [0.1, 0.15) is 21.5 Å². The Morgan fingerprint density at radius 3 is 2.66 bits per heavy atom. The third-order valence-corrected chi connectivity index (χ3v) is 5.00. The quantitative estimate of drug-likeness (QED) is 0.458. The molecule has 0 unspecified atom stereocenters. The molecule has 7 heteroatoms. The number of rotatable bonds is 4. The van der Waals surface area contributed by atoms with Gasteiger partial charge in [0.05, 0.1) is 22.7 Å².